The van der Waals surface area contributed by atoms with E-state index in [4.69, 9.17) is 0 Å². The molecule has 1 saturated heterocycles. The predicted octanol–water partition coefficient (Wildman–Crippen LogP) is 2.26. The van der Waals surface area contributed by atoms with E-state index in [1.165, 1.54) is 12.8 Å². The summed E-state index contributed by atoms with van der Waals surface area (Å²) in [6.07, 6.45) is 4.26. The minimum absolute atomic E-state index is 0.0358. The Hall–Kier alpha value is -1.65. The molecular weight excluding hydrogens is 262 g/mol. The van der Waals surface area contributed by atoms with Gasteiger partial charge in [0.05, 0.1) is 6.61 Å². The van der Waals surface area contributed by atoms with E-state index < -0.39 is 0 Å². The van der Waals surface area contributed by atoms with E-state index in [0.29, 0.717) is 6.04 Å². The van der Waals surface area contributed by atoms with Gasteiger partial charge in [0, 0.05) is 36.3 Å². The second-order valence-electron chi connectivity index (χ2n) is 6.02. The molecule has 21 heavy (non-hydrogen) atoms. The second-order valence-corrected chi connectivity index (χ2v) is 6.02. The van der Waals surface area contributed by atoms with Crippen molar-refractivity contribution in [2.45, 2.75) is 25.5 Å². The average molecular weight is 285 g/mol. The van der Waals surface area contributed by atoms with Crippen LogP contribution in [0.4, 0.5) is 5.82 Å². The summed E-state index contributed by atoms with van der Waals surface area (Å²) in [5, 5.41) is 11.7. The first kappa shape index (κ1) is 14.3. The Balaban J connectivity index is 2.00. The van der Waals surface area contributed by atoms with Crippen LogP contribution in [0.15, 0.2) is 30.5 Å². The van der Waals surface area contributed by atoms with Crippen molar-refractivity contribution in [1.29, 1.82) is 0 Å². The quantitative estimate of drug-likeness (QED) is 0.939. The topological polar surface area (TPSA) is 39.6 Å². The number of fused-ring (bicyclic) bond motifs is 1. The Morgan fingerprint density at radius 3 is 2.76 bits per heavy atom. The molecule has 0 saturated carbocycles. The maximum Gasteiger partial charge on any atom is 0.136 e. The molecule has 0 radical (unpaired) electrons. The number of benzene rings is 1. The molecule has 1 aromatic carbocycles. The molecular formula is C17H23N3O. The predicted molar refractivity (Wildman–Crippen MR) is 86.6 cm³/mol. The first-order valence-corrected chi connectivity index (χ1v) is 7.59. The van der Waals surface area contributed by atoms with Crippen molar-refractivity contribution in [1.82, 2.24) is 9.88 Å². The number of aliphatic hydroxyl groups is 1. The van der Waals surface area contributed by atoms with Gasteiger partial charge in [-0.05, 0) is 32.3 Å². The Morgan fingerprint density at radius 2 is 2.05 bits per heavy atom. The molecule has 1 aliphatic rings. The molecule has 0 bridgehead atoms. The Labute approximate surface area is 126 Å². The molecule has 1 unspecified atom stereocenters. The van der Waals surface area contributed by atoms with Gasteiger partial charge >= 0.3 is 0 Å². The maximum absolute atomic E-state index is 9.49. The molecule has 1 N–H and O–H groups in total. The fourth-order valence-corrected chi connectivity index (χ4v) is 3.18. The van der Waals surface area contributed by atoms with Gasteiger partial charge in [0.15, 0.2) is 0 Å². The van der Waals surface area contributed by atoms with E-state index in [1.807, 2.05) is 18.3 Å². The third-order valence-corrected chi connectivity index (χ3v) is 4.45. The van der Waals surface area contributed by atoms with Crippen molar-refractivity contribution in [3.8, 4) is 0 Å². The van der Waals surface area contributed by atoms with Crippen molar-refractivity contribution < 1.29 is 5.11 Å². The standard InChI is InChI=1S/C17H23N3O/c1-19(2)14-6-5-9-20(11-14)17-16-8-4-3-7-15(16)13(12-21)10-18-17/h3-4,7-8,10,14,21H,5-6,9,11-12H2,1-2H3. The first-order chi connectivity index (χ1) is 10.2. The lowest BCUT2D eigenvalue weighted by Gasteiger charge is -2.37. The van der Waals surface area contributed by atoms with Crippen LogP contribution in [-0.4, -0.2) is 48.2 Å². The van der Waals surface area contributed by atoms with Crippen molar-refractivity contribution in [2.75, 3.05) is 32.1 Å². The van der Waals surface area contributed by atoms with Crippen LogP contribution in [0.25, 0.3) is 10.8 Å². The van der Waals surface area contributed by atoms with Gasteiger partial charge < -0.3 is 14.9 Å². The van der Waals surface area contributed by atoms with E-state index >= 15 is 0 Å². The van der Waals surface area contributed by atoms with E-state index in [9.17, 15) is 5.11 Å². The third-order valence-electron chi connectivity index (χ3n) is 4.45. The van der Waals surface area contributed by atoms with Gasteiger partial charge in [-0.2, -0.15) is 0 Å². The summed E-state index contributed by atoms with van der Waals surface area (Å²) in [6, 6.07) is 8.82. The monoisotopic (exact) mass is 285 g/mol. The number of rotatable bonds is 3. The molecule has 2 aromatic rings. The molecule has 0 amide bonds. The van der Waals surface area contributed by atoms with E-state index in [2.05, 4.69) is 41.0 Å². The lowest BCUT2D eigenvalue weighted by atomic mass is 10.0. The number of nitrogens with zero attached hydrogens (tertiary/aromatic N) is 3. The zero-order chi connectivity index (χ0) is 14.8. The summed E-state index contributed by atoms with van der Waals surface area (Å²) in [6.45, 7) is 2.11. The highest BCUT2D eigenvalue weighted by molar-refractivity contribution is 5.94. The van der Waals surface area contributed by atoms with Crippen LogP contribution in [0.1, 0.15) is 18.4 Å². The second kappa shape index (κ2) is 6.00. The molecule has 4 nitrogen and oxygen atoms in total. The van der Waals surface area contributed by atoms with Crippen LogP contribution < -0.4 is 4.90 Å². The summed E-state index contributed by atoms with van der Waals surface area (Å²) in [7, 11) is 4.29. The number of pyridine rings is 1. The van der Waals surface area contributed by atoms with Gasteiger partial charge in [0.25, 0.3) is 0 Å². The van der Waals surface area contributed by atoms with E-state index in [1.54, 1.807) is 0 Å². The molecule has 2 heterocycles. The fraction of sp³-hybridized carbons (Fsp3) is 0.471. The molecule has 1 atom stereocenters. The summed E-state index contributed by atoms with van der Waals surface area (Å²) in [4.78, 5) is 9.33. The average Bonchev–Trinajstić information content (AvgIpc) is 2.54. The molecule has 112 valence electrons. The van der Waals surface area contributed by atoms with Crippen LogP contribution in [0.2, 0.25) is 0 Å². The van der Waals surface area contributed by atoms with Gasteiger partial charge in [-0.25, -0.2) is 4.98 Å². The molecule has 1 fully saturated rings. The summed E-state index contributed by atoms with van der Waals surface area (Å²) >= 11 is 0. The van der Waals surface area contributed by atoms with Crippen molar-refractivity contribution in [3.05, 3.63) is 36.0 Å². The highest BCUT2D eigenvalue weighted by Crippen LogP contribution is 2.29. The van der Waals surface area contributed by atoms with Gasteiger partial charge in [-0.3, -0.25) is 0 Å². The maximum atomic E-state index is 9.49. The zero-order valence-electron chi connectivity index (χ0n) is 12.8. The Morgan fingerprint density at radius 1 is 1.29 bits per heavy atom. The summed E-state index contributed by atoms with van der Waals surface area (Å²) < 4.78 is 0. The first-order valence-electron chi connectivity index (χ1n) is 7.59. The van der Waals surface area contributed by atoms with Gasteiger partial charge in [-0.1, -0.05) is 24.3 Å². The zero-order valence-corrected chi connectivity index (χ0v) is 12.8. The molecule has 4 heteroatoms. The number of aromatic nitrogens is 1. The summed E-state index contributed by atoms with van der Waals surface area (Å²) in [5.74, 6) is 1.05. The molecule has 3 rings (SSSR count). The molecule has 0 spiro atoms. The number of piperidine rings is 1. The minimum Gasteiger partial charge on any atom is -0.392 e. The summed E-state index contributed by atoms with van der Waals surface area (Å²) in [5.41, 5.74) is 0.899. The van der Waals surface area contributed by atoms with Gasteiger partial charge in [0.1, 0.15) is 5.82 Å². The van der Waals surface area contributed by atoms with Crippen LogP contribution in [0.5, 0.6) is 0 Å². The van der Waals surface area contributed by atoms with Crippen LogP contribution >= 0.6 is 0 Å². The highest BCUT2D eigenvalue weighted by atomic mass is 16.3. The van der Waals surface area contributed by atoms with Crippen LogP contribution in [0.3, 0.4) is 0 Å². The highest BCUT2D eigenvalue weighted by Gasteiger charge is 2.23. The fourth-order valence-electron chi connectivity index (χ4n) is 3.18. The van der Waals surface area contributed by atoms with Crippen molar-refractivity contribution in [2.24, 2.45) is 0 Å². The van der Waals surface area contributed by atoms with Gasteiger partial charge in [0.2, 0.25) is 0 Å². The largest absolute Gasteiger partial charge is 0.392 e. The SMILES string of the molecule is CN(C)C1CCCN(c2ncc(CO)c3ccccc23)C1. The number of hydrogen-bond acceptors (Lipinski definition) is 4. The van der Waals surface area contributed by atoms with E-state index in [0.717, 1.165) is 35.2 Å². The normalized spacial score (nSPS) is 19.4. The number of anilines is 1. The van der Waals surface area contributed by atoms with Gasteiger partial charge in [-0.15, -0.1) is 0 Å². The minimum atomic E-state index is 0.0358. The van der Waals surface area contributed by atoms with Crippen LogP contribution in [0, 0.1) is 0 Å². The molecule has 0 aliphatic carbocycles. The lowest BCUT2D eigenvalue weighted by Crippen LogP contribution is -2.45. The third kappa shape index (κ3) is 2.74. The van der Waals surface area contributed by atoms with Crippen LogP contribution in [-0.2, 0) is 6.61 Å². The lowest BCUT2D eigenvalue weighted by molar-refractivity contribution is 0.257. The number of likely N-dealkylation sites (N-methyl/N-ethyl adjacent to an activating group) is 1. The Kier molecular flexibility index (Phi) is 4.08. The smallest absolute Gasteiger partial charge is 0.136 e. The van der Waals surface area contributed by atoms with Crippen molar-refractivity contribution in [3.63, 3.8) is 0 Å². The molecule has 1 aromatic heterocycles. The van der Waals surface area contributed by atoms with E-state index in [-0.39, 0.29) is 6.61 Å². The number of aliphatic hydroxyl groups excluding tert-OH is 1. The Bertz CT molecular complexity index is 626. The van der Waals surface area contributed by atoms with Crippen molar-refractivity contribution >= 4 is 16.6 Å². The molecule has 1 aliphatic heterocycles. The number of hydrogen-bond donors (Lipinski definition) is 1.